The third kappa shape index (κ3) is 3.28. The lowest BCUT2D eigenvalue weighted by atomic mass is 10.1. The Morgan fingerprint density at radius 1 is 1.50 bits per heavy atom. The molecule has 1 rings (SSSR count). The van der Waals surface area contributed by atoms with Gasteiger partial charge < -0.3 is 11.1 Å². The molecule has 1 atom stereocenters. The van der Waals surface area contributed by atoms with Crippen LogP contribution in [0.5, 0.6) is 0 Å². The summed E-state index contributed by atoms with van der Waals surface area (Å²) in [5.74, 6) is -0.687. The molecule has 0 saturated heterocycles. The second-order valence-corrected chi connectivity index (χ2v) is 4.74. The van der Waals surface area contributed by atoms with Crippen molar-refractivity contribution in [1.29, 1.82) is 0 Å². The quantitative estimate of drug-likeness (QED) is 0.898. The van der Waals surface area contributed by atoms with Crippen molar-refractivity contribution in [3.8, 4) is 0 Å². The molecule has 0 aliphatic heterocycles. The summed E-state index contributed by atoms with van der Waals surface area (Å²) >= 11 is 3.04. The molecule has 5 heteroatoms. The minimum absolute atomic E-state index is 0.0419. The second-order valence-electron chi connectivity index (χ2n) is 3.89. The standard InChI is InChI=1S/C11H14BrFN2O/c1-6(2)10(14)11(16)15-7-3-4-8(12)9(13)5-7/h3-6,10H,14H2,1-2H3,(H,15,16)/t10-/m0/s1. The number of anilines is 1. The lowest BCUT2D eigenvalue weighted by Crippen LogP contribution is -2.39. The van der Waals surface area contributed by atoms with Crippen LogP contribution in [0.1, 0.15) is 13.8 Å². The minimum atomic E-state index is -0.591. The molecule has 0 unspecified atom stereocenters. The summed E-state index contributed by atoms with van der Waals surface area (Å²) in [4.78, 5) is 11.6. The normalized spacial score (nSPS) is 12.6. The van der Waals surface area contributed by atoms with E-state index in [0.29, 0.717) is 10.2 Å². The van der Waals surface area contributed by atoms with Gasteiger partial charge in [-0.05, 0) is 40.0 Å². The Labute approximate surface area is 102 Å². The SMILES string of the molecule is CC(C)[C@H](N)C(=O)Nc1ccc(Br)c(F)c1. The van der Waals surface area contributed by atoms with Crippen LogP contribution in [0.25, 0.3) is 0 Å². The zero-order valence-electron chi connectivity index (χ0n) is 9.13. The smallest absolute Gasteiger partial charge is 0.241 e. The van der Waals surface area contributed by atoms with Gasteiger partial charge in [0.15, 0.2) is 0 Å². The topological polar surface area (TPSA) is 55.1 Å². The van der Waals surface area contributed by atoms with Crippen LogP contribution >= 0.6 is 15.9 Å². The number of carbonyl (C=O) groups is 1. The molecule has 0 fully saturated rings. The maximum Gasteiger partial charge on any atom is 0.241 e. The van der Waals surface area contributed by atoms with E-state index in [4.69, 9.17) is 5.73 Å². The predicted molar refractivity (Wildman–Crippen MR) is 65.5 cm³/mol. The van der Waals surface area contributed by atoms with E-state index >= 15 is 0 Å². The van der Waals surface area contributed by atoms with Gasteiger partial charge >= 0.3 is 0 Å². The zero-order valence-corrected chi connectivity index (χ0v) is 10.7. The van der Waals surface area contributed by atoms with E-state index in [-0.39, 0.29) is 11.8 Å². The highest BCUT2D eigenvalue weighted by molar-refractivity contribution is 9.10. The Morgan fingerprint density at radius 2 is 2.12 bits per heavy atom. The first-order valence-corrected chi connectivity index (χ1v) is 5.72. The van der Waals surface area contributed by atoms with E-state index in [0.717, 1.165) is 0 Å². The van der Waals surface area contributed by atoms with Crippen molar-refractivity contribution in [3.63, 3.8) is 0 Å². The molecule has 1 aromatic rings. The Morgan fingerprint density at radius 3 is 2.62 bits per heavy atom. The molecule has 0 radical (unpaired) electrons. The van der Waals surface area contributed by atoms with Crippen molar-refractivity contribution in [2.45, 2.75) is 19.9 Å². The molecule has 0 aromatic heterocycles. The molecule has 0 aliphatic carbocycles. The number of halogens is 2. The van der Waals surface area contributed by atoms with Gasteiger partial charge in [0.25, 0.3) is 0 Å². The number of hydrogen-bond acceptors (Lipinski definition) is 2. The maximum atomic E-state index is 13.2. The first-order chi connectivity index (χ1) is 7.41. The van der Waals surface area contributed by atoms with Gasteiger partial charge in [-0.2, -0.15) is 0 Å². The van der Waals surface area contributed by atoms with Crippen LogP contribution in [0.4, 0.5) is 10.1 Å². The number of nitrogens with two attached hydrogens (primary N) is 1. The van der Waals surface area contributed by atoms with Crippen LogP contribution < -0.4 is 11.1 Å². The fourth-order valence-corrected chi connectivity index (χ4v) is 1.35. The Bertz CT molecular complexity index is 396. The second kappa shape index (κ2) is 5.41. The van der Waals surface area contributed by atoms with Crippen LogP contribution in [0.2, 0.25) is 0 Å². The molecule has 16 heavy (non-hydrogen) atoms. The van der Waals surface area contributed by atoms with Crippen molar-refractivity contribution in [1.82, 2.24) is 0 Å². The lowest BCUT2D eigenvalue weighted by Gasteiger charge is -2.15. The third-order valence-electron chi connectivity index (χ3n) is 2.21. The number of benzene rings is 1. The van der Waals surface area contributed by atoms with E-state index in [2.05, 4.69) is 21.2 Å². The lowest BCUT2D eigenvalue weighted by molar-refractivity contribution is -0.118. The number of rotatable bonds is 3. The molecule has 0 saturated carbocycles. The van der Waals surface area contributed by atoms with E-state index in [9.17, 15) is 9.18 Å². The number of hydrogen-bond donors (Lipinski definition) is 2. The van der Waals surface area contributed by atoms with Gasteiger partial charge in [-0.15, -0.1) is 0 Å². The van der Waals surface area contributed by atoms with Gasteiger partial charge in [0.1, 0.15) is 5.82 Å². The molecule has 0 bridgehead atoms. The summed E-state index contributed by atoms with van der Waals surface area (Å²) < 4.78 is 13.5. The van der Waals surface area contributed by atoms with Gasteiger partial charge in [-0.25, -0.2) is 4.39 Å². The molecule has 88 valence electrons. The van der Waals surface area contributed by atoms with Crippen molar-refractivity contribution in [3.05, 3.63) is 28.5 Å². The highest BCUT2D eigenvalue weighted by Gasteiger charge is 2.17. The van der Waals surface area contributed by atoms with Crippen molar-refractivity contribution in [2.24, 2.45) is 11.7 Å². The molecule has 0 aliphatic rings. The van der Waals surface area contributed by atoms with Crippen molar-refractivity contribution < 1.29 is 9.18 Å². The van der Waals surface area contributed by atoms with Crippen LogP contribution in [-0.2, 0) is 4.79 Å². The molecule has 0 spiro atoms. The largest absolute Gasteiger partial charge is 0.325 e. The van der Waals surface area contributed by atoms with E-state index in [1.807, 2.05) is 13.8 Å². The van der Waals surface area contributed by atoms with Crippen LogP contribution in [0.3, 0.4) is 0 Å². The molecule has 0 heterocycles. The third-order valence-corrected chi connectivity index (χ3v) is 2.85. The summed E-state index contributed by atoms with van der Waals surface area (Å²) in [6.45, 7) is 3.71. The number of nitrogens with one attached hydrogen (secondary N) is 1. The van der Waals surface area contributed by atoms with Crippen LogP contribution in [0, 0.1) is 11.7 Å². The van der Waals surface area contributed by atoms with Gasteiger partial charge in [0.05, 0.1) is 10.5 Å². The summed E-state index contributed by atoms with van der Waals surface area (Å²) in [6.07, 6.45) is 0. The average Bonchev–Trinajstić information content (AvgIpc) is 2.22. The average molecular weight is 289 g/mol. The zero-order chi connectivity index (χ0) is 12.3. The first-order valence-electron chi connectivity index (χ1n) is 4.93. The highest BCUT2D eigenvalue weighted by Crippen LogP contribution is 2.19. The van der Waals surface area contributed by atoms with E-state index in [1.54, 1.807) is 6.07 Å². The summed E-state index contributed by atoms with van der Waals surface area (Å²) in [6, 6.07) is 3.80. The van der Waals surface area contributed by atoms with E-state index < -0.39 is 11.9 Å². The fraction of sp³-hybridized carbons (Fsp3) is 0.364. The maximum absolute atomic E-state index is 13.2. The van der Waals surface area contributed by atoms with Gasteiger partial charge in [-0.3, -0.25) is 4.79 Å². The predicted octanol–water partition coefficient (Wildman–Crippen LogP) is 2.51. The summed E-state index contributed by atoms with van der Waals surface area (Å²) in [5, 5.41) is 2.57. The summed E-state index contributed by atoms with van der Waals surface area (Å²) in [5.41, 5.74) is 6.07. The molecule has 1 aromatic carbocycles. The van der Waals surface area contributed by atoms with Crippen molar-refractivity contribution in [2.75, 3.05) is 5.32 Å². The molecule has 3 nitrogen and oxygen atoms in total. The van der Waals surface area contributed by atoms with Crippen LogP contribution in [0.15, 0.2) is 22.7 Å². The van der Waals surface area contributed by atoms with Crippen molar-refractivity contribution >= 4 is 27.5 Å². The molecule has 1 amide bonds. The summed E-state index contributed by atoms with van der Waals surface area (Å²) in [7, 11) is 0. The molecular formula is C11H14BrFN2O. The van der Waals surface area contributed by atoms with E-state index in [1.165, 1.54) is 12.1 Å². The Hall–Kier alpha value is -0.940. The first kappa shape index (κ1) is 13.1. The number of carbonyl (C=O) groups excluding carboxylic acids is 1. The molecule has 3 N–H and O–H groups in total. The van der Waals surface area contributed by atoms with Gasteiger partial charge in [0.2, 0.25) is 5.91 Å². The Balaban J connectivity index is 2.74. The van der Waals surface area contributed by atoms with Crippen LogP contribution in [-0.4, -0.2) is 11.9 Å². The molecular weight excluding hydrogens is 275 g/mol. The monoisotopic (exact) mass is 288 g/mol. The number of amides is 1. The Kier molecular flexibility index (Phi) is 4.44. The highest BCUT2D eigenvalue weighted by atomic mass is 79.9. The van der Waals surface area contributed by atoms with Gasteiger partial charge in [-0.1, -0.05) is 13.8 Å². The van der Waals surface area contributed by atoms with Gasteiger partial charge in [0, 0.05) is 5.69 Å². The fourth-order valence-electron chi connectivity index (χ4n) is 1.10. The minimum Gasteiger partial charge on any atom is -0.325 e.